The summed E-state index contributed by atoms with van der Waals surface area (Å²) in [6.45, 7) is 0.761. The fraction of sp³-hybridized carbons (Fsp3) is 0.200. The molecular weight excluding hydrogens is 316 g/mol. The smallest absolute Gasteiger partial charge is 0.226 e. The van der Waals surface area contributed by atoms with Gasteiger partial charge < -0.3 is 14.4 Å². The van der Waals surface area contributed by atoms with E-state index in [1.165, 1.54) is 0 Å². The average molecular weight is 336 g/mol. The molecule has 1 atom stereocenters. The van der Waals surface area contributed by atoms with Crippen LogP contribution in [0.15, 0.2) is 77.7 Å². The number of furan rings is 1. The minimum atomic E-state index is -0.832. The highest BCUT2D eigenvalue weighted by Gasteiger charge is 2.20. The summed E-state index contributed by atoms with van der Waals surface area (Å²) in [6, 6.07) is 16.6. The third kappa shape index (κ3) is 4.78. The summed E-state index contributed by atoms with van der Waals surface area (Å²) in [5.74, 6) is 0.558. The molecule has 0 aliphatic carbocycles. The molecule has 5 heteroatoms. The van der Waals surface area contributed by atoms with E-state index >= 15 is 0 Å². The topological polar surface area (TPSA) is 66.6 Å². The standard InChI is InChI=1S/C20H20N2O3/c23-19(17-7-2-1-3-8-17)12-20(24)22(15-18-9-5-11-25-18)14-16-6-4-10-21-13-16/h1-11,13,19,23H,12,14-15H2. The van der Waals surface area contributed by atoms with Crippen LogP contribution in [-0.2, 0) is 17.9 Å². The van der Waals surface area contributed by atoms with Gasteiger partial charge in [0, 0.05) is 18.9 Å². The third-order valence-corrected chi connectivity index (χ3v) is 3.93. The van der Waals surface area contributed by atoms with Crippen LogP contribution in [0.5, 0.6) is 0 Å². The largest absolute Gasteiger partial charge is 0.467 e. The summed E-state index contributed by atoms with van der Waals surface area (Å²) in [5, 5.41) is 10.3. The van der Waals surface area contributed by atoms with Crippen LogP contribution in [0.4, 0.5) is 0 Å². The second-order valence-electron chi connectivity index (χ2n) is 5.82. The number of rotatable bonds is 7. The highest BCUT2D eigenvalue weighted by molar-refractivity contribution is 5.76. The number of benzene rings is 1. The Balaban J connectivity index is 1.72. The molecule has 1 amide bonds. The lowest BCUT2D eigenvalue weighted by Gasteiger charge is -2.23. The van der Waals surface area contributed by atoms with Gasteiger partial charge in [-0.15, -0.1) is 0 Å². The van der Waals surface area contributed by atoms with Crippen molar-refractivity contribution in [2.45, 2.75) is 25.6 Å². The summed E-state index contributed by atoms with van der Waals surface area (Å²) in [5.41, 5.74) is 1.66. The molecule has 0 aliphatic rings. The lowest BCUT2D eigenvalue weighted by molar-refractivity contribution is -0.134. The number of hydrogen-bond acceptors (Lipinski definition) is 4. The zero-order valence-corrected chi connectivity index (χ0v) is 13.8. The first-order valence-corrected chi connectivity index (χ1v) is 8.14. The molecule has 0 bridgehead atoms. The van der Waals surface area contributed by atoms with E-state index in [0.717, 1.165) is 11.1 Å². The number of carbonyl (C=O) groups excluding carboxylic acids is 1. The van der Waals surface area contributed by atoms with Gasteiger partial charge in [-0.3, -0.25) is 9.78 Å². The van der Waals surface area contributed by atoms with E-state index in [2.05, 4.69) is 4.98 Å². The first-order valence-electron chi connectivity index (χ1n) is 8.14. The van der Waals surface area contributed by atoms with Crippen molar-refractivity contribution >= 4 is 5.91 Å². The van der Waals surface area contributed by atoms with E-state index in [1.54, 1.807) is 29.6 Å². The molecule has 25 heavy (non-hydrogen) atoms. The van der Waals surface area contributed by atoms with E-state index < -0.39 is 6.10 Å². The van der Waals surface area contributed by atoms with Gasteiger partial charge in [0.1, 0.15) is 5.76 Å². The number of nitrogens with zero attached hydrogens (tertiary/aromatic N) is 2. The molecule has 0 fully saturated rings. The SMILES string of the molecule is O=C(CC(O)c1ccccc1)N(Cc1cccnc1)Cc1ccco1. The Morgan fingerprint density at radius 1 is 1.08 bits per heavy atom. The maximum absolute atomic E-state index is 12.8. The van der Waals surface area contributed by atoms with Crippen LogP contribution in [-0.4, -0.2) is 20.9 Å². The van der Waals surface area contributed by atoms with Crippen molar-refractivity contribution in [1.82, 2.24) is 9.88 Å². The van der Waals surface area contributed by atoms with Gasteiger partial charge in [0.05, 0.1) is 25.3 Å². The van der Waals surface area contributed by atoms with Gasteiger partial charge in [-0.1, -0.05) is 36.4 Å². The maximum atomic E-state index is 12.8. The zero-order valence-electron chi connectivity index (χ0n) is 13.8. The van der Waals surface area contributed by atoms with Gasteiger partial charge in [-0.25, -0.2) is 0 Å². The predicted molar refractivity (Wildman–Crippen MR) is 93.2 cm³/mol. The summed E-state index contributed by atoms with van der Waals surface area (Å²) in [7, 11) is 0. The molecule has 3 rings (SSSR count). The van der Waals surface area contributed by atoms with Crippen molar-refractivity contribution in [3.05, 3.63) is 90.1 Å². The van der Waals surface area contributed by atoms with E-state index in [4.69, 9.17) is 4.42 Å². The van der Waals surface area contributed by atoms with Gasteiger partial charge in [0.2, 0.25) is 5.91 Å². The summed E-state index contributed by atoms with van der Waals surface area (Å²) in [4.78, 5) is 18.5. The molecule has 0 aliphatic heterocycles. The van der Waals surface area contributed by atoms with Gasteiger partial charge >= 0.3 is 0 Å². The van der Waals surface area contributed by atoms with Gasteiger partial charge in [0.25, 0.3) is 0 Å². The number of pyridine rings is 1. The van der Waals surface area contributed by atoms with Gasteiger partial charge in [0.15, 0.2) is 0 Å². The number of aromatic nitrogens is 1. The van der Waals surface area contributed by atoms with Crippen molar-refractivity contribution in [3.63, 3.8) is 0 Å². The number of carbonyl (C=O) groups is 1. The molecule has 0 spiro atoms. The number of aliphatic hydroxyl groups is 1. The zero-order chi connectivity index (χ0) is 17.5. The van der Waals surface area contributed by atoms with Crippen LogP contribution in [0.1, 0.15) is 29.4 Å². The van der Waals surface area contributed by atoms with Crippen molar-refractivity contribution in [2.75, 3.05) is 0 Å². The normalized spacial score (nSPS) is 11.9. The Kier molecular flexibility index (Phi) is 5.59. The van der Waals surface area contributed by atoms with E-state index in [1.807, 2.05) is 48.5 Å². The van der Waals surface area contributed by atoms with E-state index in [-0.39, 0.29) is 12.3 Å². The number of amides is 1. The number of hydrogen-bond donors (Lipinski definition) is 1. The molecule has 128 valence electrons. The summed E-state index contributed by atoms with van der Waals surface area (Å²) < 4.78 is 5.37. The second-order valence-corrected chi connectivity index (χ2v) is 5.82. The number of aliphatic hydroxyl groups excluding tert-OH is 1. The molecule has 2 aromatic heterocycles. The Bertz CT molecular complexity index is 773. The van der Waals surface area contributed by atoms with Gasteiger partial charge in [-0.05, 0) is 29.3 Å². The predicted octanol–water partition coefficient (Wildman–Crippen LogP) is 3.33. The molecule has 1 unspecified atom stereocenters. The molecule has 0 saturated heterocycles. The Morgan fingerprint density at radius 2 is 1.92 bits per heavy atom. The second kappa shape index (κ2) is 8.26. The van der Waals surface area contributed by atoms with Crippen LogP contribution in [0.3, 0.4) is 0 Å². The molecule has 1 aromatic carbocycles. The highest BCUT2D eigenvalue weighted by Crippen LogP contribution is 2.19. The Hall–Kier alpha value is -2.92. The molecule has 0 radical (unpaired) electrons. The van der Waals surface area contributed by atoms with Crippen LogP contribution >= 0.6 is 0 Å². The Labute approximate surface area is 146 Å². The van der Waals surface area contributed by atoms with Crippen molar-refractivity contribution < 1.29 is 14.3 Å². The van der Waals surface area contributed by atoms with Gasteiger partial charge in [-0.2, -0.15) is 0 Å². The lowest BCUT2D eigenvalue weighted by atomic mass is 10.1. The summed E-state index contributed by atoms with van der Waals surface area (Å²) in [6.07, 6.45) is 4.20. The van der Waals surface area contributed by atoms with Crippen molar-refractivity contribution in [2.24, 2.45) is 0 Å². The molecular formula is C20H20N2O3. The summed E-state index contributed by atoms with van der Waals surface area (Å²) >= 11 is 0. The van der Waals surface area contributed by atoms with E-state index in [0.29, 0.717) is 18.8 Å². The quantitative estimate of drug-likeness (QED) is 0.719. The fourth-order valence-corrected chi connectivity index (χ4v) is 2.62. The van der Waals surface area contributed by atoms with Crippen LogP contribution in [0.2, 0.25) is 0 Å². The van der Waals surface area contributed by atoms with Crippen molar-refractivity contribution in [3.8, 4) is 0 Å². The molecule has 3 aromatic rings. The third-order valence-electron chi connectivity index (χ3n) is 3.93. The average Bonchev–Trinajstić information content (AvgIpc) is 3.16. The van der Waals surface area contributed by atoms with Crippen LogP contribution in [0, 0.1) is 0 Å². The molecule has 5 nitrogen and oxygen atoms in total. The van der Waals surface area contributed by atoms with Crippen molar-refractivity contribution in [1.29, 1.82) is 0 Å². The molecule has 1 N–H and O–H groups in total. The van der Waals surface area contributed by atoms with Crippen LogP contribution < -0.4 is 0 Å². The lowest BCUT2D eigenvalue weighted by Crippen LogP contribution is -2.31. The van der Waals surface area contributed by atoms with Crippen LogP contribution in [0.25, 0.3) is 0 Å². The maximum Gasteiger partial charge on any atom is 0.226 e. The Morgan fingerprint density at radius 3 is 2.60 bits per heavy atom. The molecule has 0 saturated carbocycles. The minimum absolute atomic E-state index is 0.0188. The molecule has 2 heterocycles. The fourth-order valence-electron chi connectivity index (χ4n) is 2.62. The van der Waals surface area contributed by atoms with E-state index in [9.17, 15) is 9.90 Å². The highest BCUT2D eigenvalue weighted by atomic mass is 16.3. The first kappa shape index (κ1) is 16.9. The first-order chi connectivity index (χ1) is 12.2. The monoisotopic (exact) mass is 336 g/mol. The minimum Gasteiger partial charge on any atom is -0.467 e.